The van der Waals surface area contributed by atoms with Crippen molar-refractivity contribution in [3.05, 3.63) is 16.4 Å². The molecule has 90 valence electrons. The van der Waals surface area contributed by atoms with Gasteiger partial charge < -0.3 is 0 Å². The van der Waals surface area contributed by atoms with Crippen LogP contribution in [0.1, 0.15) is 50.9 Å². The highest BCUT2D eigenvalue weighted by Gasteiger charge is 2.31. The average Bonchev–Trinajstić information content (AvgIpc) is 2.53. The summed E-state index contributed by atoms with van der Waals surface area (Å²) in [5.41, 5.74) is 4.13. The number of hydrogen-bond donors (Lipinski definition) is 2. The fourth-order valence-electron chi connectivity index (χ4n) is 2.26. The summed E-state index contributed by atoms with van der Waals surface area (Å²) in [6, 6.07) is 0.574. The first kappa shape index (κ1) is 12.1. The third-order valence-corrected chi connectivity index (χ3v) is 3.98. The zero-order valence-corrected chi connectivity index (χ0v) is 11.4. The Morgan fingerprint density at radius 1 is 1.56 bits per heavy atom. The second kappa shape index (κ2) is 4.85. The van der Waals surface area contributed by atoms with Crippen molar-refractivity contribution in [1.82, 2.24) is 15.2 Å². The van der Waals surface area contributed by atoms with Gasteiger partial charge in [-0.1, -0.05) is 6.42 Å². The molecule has 1 aromatic rings. The summed E-state index contributed by atoms with van der Waals surface area (Å²) in [5, 5.41) is 4.40. The van der Waals surface area contributed by atoms with Crippen molar-refractivity contribution in [2.24, 2.45) is 11.8 Å². The van der Waals surface area contributed by atoms with E-state index in [0.717, 1.165) is 4.47 Å². The Labute approximate surface area is 105 Å². The molecule has 5 heteroatoms. The van der Waals surface area contributed by atoms with Crippen LogP contribution in [0.15, 0.2) is 10.7 Å². The third-order valence-electron chi connectivity index (χ3n) is 3.37. The highest BCUT2D eigenvalue weighted by Crippen LogP contribution is 2.40. The van der Waals surface area contributed by atoms with Crippen molar-refractivity contribution in [1.29, 1.82) is 0 Å². The zero-order valence-electron chi connectivity index (χ0n) is 9.78. The molecule has 0 aromatic carbocycles. The van der Waals surface area contributed by atoms with Gasteiger partial charge >= 0.3 is 0 Å². The van der Waals surface area contributed by atoms with E-state index in [0.29, 0.717) is 12.0 Å². The van der Waals surface area contributed by atoms with Crippen LogP contribution in [0.25, 0.3) is 0 Å². The fraction of sp³-hybridized carbons (Fsp3) is 0.727. The topological polar surface area (TPSA) is 55.9 Å². The minimum absolute atomic E-state index is 0.216. The molecule has 1 aliphatic carbocycles. The van der Waals surface area contributed by atoms with Gasteiger partial charge in [0.1, 0.15) is 0 Å². The third kappa shape index (κ3) is 2.04. The predicted octanol–water partition coefficient (Wildman–Crippen LogP) is 2.53. The molecule has 1 aromatic heterocycles. The summed E-state index contributed by atoms with van der Waals surface area (Å²) < 4.78 is 3.10. The van der Waals surface area contributed by atoms with Crippen LogP contribution in [0.3, 0.4) is 0 Å². The van der Waals surface area contributed by atoms with E-state index in [4.69, 9.17) is 5.84 Å². The van der Waals surface area contributed by atoms with Crippen LogP contribution >= 0.6 is 15.9 Å². The van der Waals surface area contributed by atoms with Crippen molar-refractivity contribution >= 4 is 15.9 Å². The number of nitrogens with two attached hydrogens (primary N) is 1. The van der Waals surface area contributed by atoms with Gasteiger partial charge in [-0.25, -0.2) is 0 Å². The molecule has 16 heavy (non-hydrogen) atoms. The average molecular weight is 287 g/mol. The van der Waals surface area contributed by atoms with Gasteiger partial charge in [-0.05, 0) is 48.5 Å². The molecule has 1 atom stereocenters. The minimum Gasteiger partial charge on any atom is -0.271 e. The zero-order chi connectivity index (χ0) is 11.7. The first-order chi connectivity index (χ1) is 7.65. The van der Waals surface area contributed by atoms with Gasteiger partial charge in [0.2, 0.25) is 0 Å². The monoisotopic (exact) mass is 286 g/mol. The van der Waals surface area contributed by atoms with Crippen molar-refractivity contribution in [3.8, 4) is 0 Å². The van der Waals surface area contributed by atoms with E-state index < -0.39 is 0 Å². The van der Waals surface area contributed by atoms with Gasteiger partial charge in [-0.3, -0.25) is 16.0 Å². The second-order valence-corrected chi connectivity index (χ2v) is 5.61. The van der Waals surface area contributed by atoms with Crippen LogP contribution in [0, 0.1) is 5.92 Å². The number of hydrazine groups is 1. The normalized spacial score (nSPS) is 18.8. The SMILES string of the molecule is CC(C)n1ncc(Br)c1C(NN)C1CCC1. The maximum absolute atomic E-state index is 5.70. The molecule has 1 aliphatic rings. The van der Waals surface area contributed by atoms with Crippen LogP contribution in [-0.4, -0.2) is 9.78 Å². The van der Waals surface area contributed by atoms with Gasteiger partial charge in [-0.15, -0.1) is 0 Å². The number of hydrogen-bond acceptors (Lipinski definition) is 3. The summed E-state index contributed by atoms with van der Waals surface area (Å²) in [5.74, 6) is 6.35. The smallest absolute Gasteiger partial charge is 0.0715 e. The van der Waals surface area contributed by atoms with Gasteiger partial charge in [0, 0.05) is 6.04 Å². The highest BCUT2D eigenvalue weighted by atomic mass is 79.9. The molecule has 1 fully saturated rings. The van der Waals surface area contributed by atoms with Gasteiger partial charge in [-0.2, -0.15) is 5.10 Å². The first-order valence-corrected chi connectivity index (χ1v) is 6.63. The lowest BCUT2D eigenvalue weighted by Crippen LogP contribution is -2.38. The van der Waals surface area contributed by atoms with Crippen LogP contribution in [-0.2, 0) is 0 Å². The first-order valence-electron chi connectivity index (χ1n) is 5.84. The van der Waals surface area contributed by atoms with Crippen molar-refractivity contribution in [3.63, 3.8) is 0 Å². The molecule has 2 rings (SSSR count). The molecular formula is C11H19BrN4. The summed E-state index contributed by atoms with van der Waals surface area (Å²) in [4.78, 5) is 0. The molecule has 1 unspecified atom stereocenters. The number of rotatable bonds is 4. The van der Waals surface area contributed by atoms with E-state index in [9.17, 15) is 0 Å². The largest absolute Gasteiger partial charge is 0.271 e. The van der Waals surface area contributed by atoms with E-state index in [1.165, 1.54) is 25.0 Å². The maximum atomic E-state index is 5.70. The Morgan fingerprint density at radius 3 is 2.69 bits per heavy atom. The molecule has 3 N–H and O–H groups in total. The molecule has 4 nitrogen and oxygen atoms in total. The van der Waals surface area contributed by atoms with E-state index in [-0.39, 0.29) is 6.04 Å². The molecule has 0 spiro atoms. The van der Waals surface area contributed by atoms with Crippen LogP contribution in [0.4, 0.5) is 0 Å². The highest BCUT2D eigenvalue weighted by molar-refractivity contribution is 9.10. The molecule has 0 radical (unpaired) electrons. The van der Waals surface area contributed by atoms with E-state index in [2.05, 4.69) is 40.3 Å². The standard InChI is InChI=1S/C11H19BrN4/c1-7(2)16-11(9(12)6-14-16)10(15-13)8-4-3-5-8/h6-8,10,15H,3-5,13H2,1-2H3. The lowest BCUT2D eigenvalue weighted by molar-refractivity contribution is 0.220. The van der Waals surface area contributed by atoms with Crippen molar-refractivity contribution < 1.29 is 0 Å². The summed E-state index contributed by atoms with van der Waals surface area (Å²) in [7, 11) is 0. The summed E-state index contributed by atoms with van der Waals surface area (Å²) >= 11 is 3.57. The molecule has 0 bridgehead atoms. The Kier molecular flexibility index (Phi) is 3.66. The predicted molar refractivity (Wildman–Crippen MR) is 67.7 cm³/mol. The number of halogens is 1. The van der Waals surface area contributed by atoms with Crippen LogP contribution in [0.2, 0.25) is 0 Å². The van der Waals surface area contributed by atoms with E-state index in [1.807, 2.05) is 10.9 Å². The maximum Gasteiger partial charge on any atom is 0.0715 e. The van der Waals surface area contributed by atoms with E-state index >= 15 is 0 Å². The molecule has 1 saturated carbocycles. The van der Waals surface area contributed by atoms with E-state index in [1.54, 1.807) is 0 Å². The Hall–Kier alpha value is -0.390. The Morgan fingerprint density at radius 2 is 2.25 bits per heavy atom. The van der Waals surface area contributed by atoms with Crippen LogP contribution in [0.5, 0.6) is 0 Å². The number of nitrogens with zero attached hydrogens (tertiary/aromatic N) is 2. The lowest BCUT2D eigenvalue weighted by Gasteiger charge is -2.34. The molecule has 1 heterocycles. The summed E-state index contributed by atoms with van der Waals surface area (Å²) in [6.07, 6.45) is 5.68. The van der Waals surface area contributed by atoms with Gasteiger partial charge in [0.05, 0.1) is 22.4 Å². The number of aromatic nitrogens is 2. The number of nitrogens with one attached hydrogen (secondary N) is 1. The van der Waals surface area contributed by atoms with Crippen LogP contribution < -0.4 is 11.3 Å². The minimum atomic E-state index is 0.216. The van der Waals surface area contributed by atoms with Gasteiger partial charge in [0.25, 0.3) is 0 Å². The Bertz CT molecular complexity index is 357. The second-order valence-electron chi connectivity index (χ2n) is 4.75. The summed E-state index contributed by atoms with van der Waals surface area (Å²) in [6.45, 7) is 4.27. The van der Waals surface area contributed by atoms with Crippen molar-refractivity contribution in [2.45, 2.75) is 45.2 Å². The fourth-order valence-corrected chi connectivity index (χ4v) is 2.78. The quantitative estimate of drug-likeness (QED) is 0.661. The molecule has 0 aliphatic heterocycles. The Balaban J connectivity index is 2.31. The molecular weight excluding hydrogens is 268 g/mol. The lowest BCUT2D eigenvalue weighted by atomic mass is 9.78. The van der Waals surface area contributed by atoms with Crippen molar-refractivity contribution in [2.75, 3.05) is 0 Å². The van der Waals surface area contributed by atoms with Gasteiger partial charge in [0.15, 0.2) is 0 Å². The molecule has 0 amide bonds. The molecule has 0 saturated heterocycles.